The van der Waals surface area contributed by atoms with Crippen molar-refractivity contribution >= 4 is 39.7 Å². The molecule has 0 saturated carbocycles. The number of carbonyl (C=O) groups is 1. The smallest absolute Gasteiger partial charge is 0.271 e. The van der Waals surface area contributed by atoms with Gasteiger partial charge in [-0.25, -0.2) is 5.43 Å². The average molecular weight is 588 g/mol. The van der Waals surface area contributed by atoms with Crippen molar-refractivity contribution < 1.29 is 23.7 Å². The number of nitrogens with one attached hydrogen (secondary N) is 1. The Kier molecular flexibility index (Phi) is 10.9. The van der Waals surface area contributed by atoms with E-state index in [2.05, 4.69) is 33.0 Å². The highest BCUT2D eigenvalue weighted by Gasteiger charge is 2.14. The van der Waals surface area contributed by atoms with Gasteiger partial charge in [-0.1, -0.05) is 36.4 Å². The molecule has 0 bridgehead atoms. The third-order valence-corrected chi connectivity index (χ3v) is 5.67. The first kappa shape index (κ1) is 28.1. The van der Waals surface area contributed by atoms with Crippen LogP contribution in [0.5, 0.6) is 23.0 Å². The number of nitrogens with zero attached hydrogens (tertiary/aromatic N) is 1. The van der Waals surface area contributed by atoms with Gasteiger partial charge in [0.05, 0.1) is 23.9 Å². The van der Waals surface area contributed by atoms with E-state index in [1.807, 2.05) is 44.2 Å². The first-order chi connectivity index (χ1) is 17.9. The predicted molar refractivity (Wildman–Crippen MR) is 149 cm³/mol. The lowest BCUT2D eigenvalue weighted by atomic mass is 10.2. The van der Waals surface area contributed by atoms with Crippen molar-refractivity contribution in [1.29, 1.82) is 0 Å². The number of hydrogen-bond donors (Lipinski definition) is 1. The van der Waals surface area contributed by atoms with E-state index in [1.54, 1.807) is 30.3 Å². The van der Waals surface area contributed by atoms with Crippen molar-refractivity contribution in [3.63, 3.8) is 0 Å². The highest BCUT2D eigenvalue weighted by molar-refractivity contribution is 9.10. The van der Waals surface area contributed by atoms with Gasteiger partial charge in [0.15, 0.2) is 23.0 Å². The molecule has 0 aliphatic heterocycles. The molecule has 0 heterocycles. The second-order valence-corrected chi connectivity index (χ2v) is 8.87. The summed E-state index contributed by atoms with van der Waals surface area (Å²) in [6.07, 6.45) is 3.16. The Hall–Kier alpha value is -3.49. The van der Waals surface area contributed by atoms with Crippen LogP contribution < -0.4 is 24.4 Å². The highest BCUT2D eigenvalue weighted by Crippen LogP contribution is 2.37. The first-order valence-electron chi connectivity index (χ1n) is 11.6. The molecule has 3 aromatic carbocycles. The number of hydrogen-bond acceptors (Lipinski definition) is 6. The average Bonchev–Trinajstić information content (AvgIpc) is 2.88. The van der Waals surface area contributed by atoms with Crippen LogP contribution in [0, 0.1) is 0 Å². The van der Waals surface area contributed by atoms with Crippen LogP contribution in [0.4, 0.5) is 0 Å². The highest BCUT2D eigenvalue weighted by atomic mass is 79.9. The minimum Gasteiger partial charge on any atom is -0.490 e. The quantitative estimate of drug-likeness (QED) is 0.135. The second kappa shape index (κ2) is 14.3. The van der Waals surface area contributed by atoms with Crippen LogP contribution in [0.25, 0.3) is 0 Å². The van der Waals surface area contributed by atoms with E-state index >= 15 is 0 Å². The van der Waals surface area contributed by atoms with Crippen LogP contribution >= 0.6 is 27.5 Å². The molecule has 0 aliphatic rings. The van der Waals surface area contributed by atoms with Gasteiger partial charge in [-0.2, -0.15) is 5.10 Å². The van der Waals surface area contributed by atoms with E-state index in [0.29, 0.717) is 70.0 Å². The topological polar surface area (TPSA) is 78.4 Å². The summed E-state index contributed by atoms with van der Waals surface area (Å²) in [5.74, 6) is 1.72. The van der Waals surface area contributed by atoms with E-state index < -0.39 is 5.91 Å². The lowest BCUT2D eigenvalue weighted by Gasteiger charge is -2.15. The third-order valence-electron chi connectivity index (χ3n) is 4.85. The summed E-state index contributed by atoms with van der Waals surface area (Å²) in [7, 11) is 0. The predicted octanol–water partition coefficient (Wildman–Crippen LogP) is 6.81. The van der Waals surface area contributed by atoms with Crippen LogP contribution in [0.1, 0.15) is 35.3 Å². The summed E-state index contributed by atoms with van der Waals surface area (Å²) in [6.45, 7) is 8.93. The number of benzene rings is 3. The van der Waals surface area contributed by atoms with Crippen molar-refractivity contribution in [1.82, 2.24) is 5.43 Å². The Morgan fingerprint density at radius 2 is 1.78 bits per heavy atom. The Morgan fingerprint density at radius 3 is 2.51 bits per heavy atom. The lowest BCUT2D eigenvalue weighted by molar-refractivity contribution is 0.0954. The summed E-state index contributed by atoms with van der Waals surface area (Å²) in [5.41, 5.74) is 4.55. The van der Waals surface area contributed by atoms with Crippen molar-refractivity contribution in [2.24, 2.45) is 5.10 Å². The zero-order valence-corrected chi connectivity index (χ0v) is 23.0. The SMILES string of the molecule is C=CCOc1ccc(C(=O)N/N=C/c2cc(Br)c(OCc3cccc(Cl)c3)c(OCC)c2)cc1OCC. The van der Waals surface area contributed by atoms with Crippen LogP contribution in [0.3, 0.4) is 0 Å². The summed E-state index contributed by atoms with van der Waals surface area (Å²) >= 11 is 9.62. The lowest BCUT2D eigenvalue weighted by Crippen LogP contribution is -2.17. The van der Waals surface area contributed by atoms with E-state index in [0.717, 1.165) is 5.56 Å². The number of rotatable bonds is 13. The number of carbonyl (C=O) groups excluding carboxylic acids is 1. The van der Waals surface area contributed by atoms with Gasteiger partial charge in [-0.05, 0) is 83.4 Å². The van der Waals surface area contributed by atoms with Gasteiger partial charge in [0, 0.05) is 10.6 Å². The van der Waals surface area contributed by atoms with Gasteiger partial charge in [0.25, 0.3) is 5.91 Å². The molecule has 37 heavy (non-hydrogen) atoms. The summed E-state index contributed by atoms with van der Waals surface area (Å²) in [4.78, 5) is 12.7. The second-order valence-electron chi connectivity index (χ2n) is 7.57. The maximum atomic E-state index is 12.7. The largest absolute Gasteiger partial charge is 0.490 e. The van der Waals surface area contributed by atoms with Crippen LogP contribution in [0.2, 0.25) is 5.02 Å². The summed E-state index contributed by atoms with van der Waals surface area (Å²) < 4.78 is 23.6. The molecular formula is C28H28BrClN2O5. The Labute approximate surface area is 230 Å². The fourth-order valence-electron chi connectivity index (χ4n) is 3.26. The Balaban J connectivity index is 1.71. The van der Waals surface area contributed by atoms with Crippen LogP contribution in [0.15, 0.2) is 76.8 Å². The van der Waals surface area contributed by atoms with E-state index in [9.17, 15) is 4.79 Å². The maximum Gasteiger partial charge on any atom is 0.271 e. The molecule has 0 aromatic heterocycles. The normalized spacial score (nSPS) is 10.7. The molecule has 0 fully saturated rings. The van der Waals surface area contributed by atoms with Crippen LogP contribution in [-0.2, 0) is 6.61 Å². The molecule has 1 amide bonds. The molecule has 3 rings (SSSR count). The number of hydrazone groups is 1. The van der Waals surface area contributed by atoms with Crippen molar-refractivity contribution in [3.05, 3.63) is 93.4 Å². The number of halogens is 2. The molecule has 9 heteroatoms. The molecule has 0 radical (unpaired) electrons. The molecule has 1 N–H and O–H groups in total. The van der Waals surface area contributed by atoms with Crippen molar-refractivity contribution in [2.75, 3.05) is 19.8 Å². The van der Waals surface area contributed by atoms with Gasteiger partial charge in [0.1, 0.15) is 13.2 Å². The van der Waals surface area contributed by atoms with Crippen LogP contribution in [-0.4, -0.2) is 31.9 Å². The van der Waals surface area contributed by atoms with Gasteiger partial charge in [-0.15, -0.1) is 0 Å². The number of ether oxygens (including phenoxy) is 4. The monoisotopic (exact) mass is 586 g/mol. The zero-order chi connectivity index (χ0) is 26.6. The van der Waals surface area contributed by atoms with E-state index in [1.165, 1.54) is 6.21 Å². The van der Waals surface area contributed by atoms with Crippen molar-refractivity contribution in [3.8, 4) is 23.0 Å². The van der Waals surface area contributed by atoms with E-state index in [4.69, 9.17) is 30.5 Å². The van der Waals surface area contributed by atoms with Gasteiger partial charge >= 0.3 is 0 Å². The molecule has 3 aromatic rings. The summed E-state index contributed by atoms with van der Waals surface area (Å²) in [5, 5.41) is 4.74. The summed E-state index contributed by atoms with van der Waals surface area (Å²) in [6, 6.07) is 16.0. The van der Waals surface area contributed by atoms with Gasteiger partial charge < -0.3 is 18.9 Å². The minimum atomic E-state index is -0.391. The standard InChI is InChI=1S/C28H28BrClN2O5/c1-4-12-36-24-11-10-21(16-25(24)34-5-2)28(33)32-31-17-20-14-23(29)27(26(15-20)35-6-3)37-18-19-8-7-9-22(30)13-19/h4,7-11,13-17H,1,5-6,12,18H2,2-3H3,(H,32,33)/b31-17+. The molecule has 0 spiro atoms. The molecule has 0 unspecified atom stereocenters. The molecule has 194 valence electrons. The zero-order valence-electron chi connectivity index (χ0n) is 20.6. The molecular weight excluding hydrogens is 560 g/mol. The molecule has 7 nitrogen and oxygen atoms in total. The minimum absolute atomic E-state index is 0.323. The van der Waals surface area contributed by atoms with E-state index in [-0.39, 0.29) is 0 Å². The van der Waals surface area contributed by atoms with Gasteiger partial charge in [-0.3, -0.25) is 4.79 Å². The third kappa shape index (κ3) is 8.27. The van der Waals surface area contributed by atoms with Gasteiger partial charge in [0.2, 0.25) is 0 Å². The number of amides is 1. The molecule has 0 saturated heterocycles. The molecule has 0 aliphatic carbocycles. The maximum absolute atomic E-state index is 12.7. The van der Waals surface area contributed by atoms with Crippen molar-refractivity contribution in [2.45, 2.75) is 20.5 Å². The molecule has 0 atom stereocenters. The first-order valence-corrected chi connectivity index (χ1v) is 12.8. The Bertz CT molecular complexity index is 1270. The fraction of sp³-hybridized carbons (Fsp3) is 0.214. The Morgan fingerprint density at radius 1 is 1.00 bits per heavy atom. The fourth-order valence-corrected chi connectivity index (χ4v) is 4.05.